The summed E-state index contributed by atoms with van der Waals surface area (Å²) in [4.78, 5) is 14.0. The van der Waals surface area contributed by atoms with Gasteiger partial charge in [-0.1, -0.05) is 0 Å². The monoisotopic (exact) mass is 341 g/mol. The summed E-state index contributed by atoms with van der Waals surface area (Å²) in [6, 6.07) is 3.75. The Morgan fingerprint density at radius 2 is 1.91 bits per heavy atom. The highest BCUT2D eigenvalue weighted by Crippen LogP contribution is 2.48. The topological polar surface area (TPSA) is 57.2 Å². The number of hydrogen-bond acceptors (Lipinski definition) is 6. The van der Waals surface area contributed by atoms with Crippen LogP contribution in [-0.4, -0.2) is 57.6 Å². The predicted molar refractivity (Wildman–Crippen MR) is 89.5 cm³/mol. The zero-order chi connectivity index (χ0) is 16.8. The van der Waals surface area contributed by atoms with Crippen molar-refractivity contribution in [2.24, 2.45) is 0 Å². The lowest BCUT2D eigenvalue weighted by atomic mass is 10.1. The van der Waals surface area contributed by atoms with E-state index in [2.05, 4.69) is 0 Å². The minimum absolute atomic E-state index is 0.108. The van der Waals surface area contributed by atoms with Gasteiger partial charge in [0, 0.05) is 18.7 Å². The molecule has 1 amide bonds. The van der Waals surface area contributed by atoms with Gasteiger partial charge in [0.05, 0.1) is 33.7 Å². The summed E-state index contributed by atoms with van der Waals surface area (Å²) in [5.41, 5.74) is 0.900. The first-order valence-corrected chi connectivity index (χ1v) is 8.50. The smallest absolute Gasteiger partial charge is 0.233 e. The lowest BCUT2D eigenvalue weighted by Crippen LogP contribution is -2.31. The molecule has 128 valence electrons. The minimum atomic E-state index is -0.113. The number of carbonyl (C=O) groups excluding carboxylic acids is 1. The number of ether oxygens (including phenoxy) is 4. The fraction of sp³-hybridized carbons (Fsp3) is 0.562. The molecule has 1 saturated heterocycles. The van der Waals surface area contributed by atoms with Gasteiger partial charge in [-0.2, -0.15) is 0 Å². The summed E-state index contributed by atoms with van der Waals surface area (Å²) >= 11 is 1.58. The number of methoxy groups -OCH3 is 3. The molecule has 0 aromatic heterocycles. The van der Waals surface area contributed by atoms with Crippen LogP contribution in [0, 0.1) is 0 Å². The molecule has 1 aliphatic rings. The van der Waals surface area contributed by atoms with Crippen molar-refractivity contribution >= 4 is 17.7 Å². The van der Waals surface area contributed by atoms with Gasteiger partial charge >= 0.3 is 0 Å². The van der Waals surface area contributed by atoms with Crippen LogP contribution in [0.2, 0.25) is 0 Å². The van der Waals surface area contributed by atoms with Crippen molar-refractivity contribution in [2.75, 3.05) is 46.8 Å². The SMILES string of the molecule is CCOCCN1C(=O)CSC1c1ccc(OC)c(OC)c1OC. The van der Waals surface area contributed by atoms with E-state index in [1.807, 2.05) is 24.0 Å². The molecule has 0 saturated carbocycles. The molecule has 1 atom stereocenters. The van der Waals surface area contributed by atoms with E-state index in [1.54, 1.807) is 33.1 Å². The minimum Gasteiger partial charge on any atom is -0.493 e. The zero-order valence-electron chi connectivity index (χ0n) is 14.0. The summed E-state index contributed by atoms with van der Waals surface area (Å²) in [5.74, 6) is 2.30. The Kier molecular flexibility index (Phi) is 6.41. The summed E-state index contributed by atoms with van der Waals surface area (Å²) < 4.78 is 21.7. The number of hydrogen-bond donors (Lipinski definition) is 0. The fourth-order valence-corrected chi connectivity index (χ4v) is 3.81. The Morgan fingerprint density at radius 1 is 1.17 bits per heavy atom. The molecule has 6 nitrogen and oxygen atoms in total. The maximum Gasteiger partial charge on any atom is 0.233 e. The first-order chi connectivity index (χ1) is 11.2. The van der Waals surface area contributed by atoms with Crippen molar-refractivity contribution in [1.82, 2.24) is 4.90 Å². The summed E-state index contributed by atoms with van der Waals surface area (Å²) in [7, 11) is 4.75. The number of rotatable bonds is 8. The highest BCUT2D eigenvalue weighted by molar-refractivity contribution is 8.00. The van der Waals surface area contributed by atoms with Crippen LogP contribution in [-0.2, 0) is 9.53 Å². The Bertz CT molecular complexity index is 552. The molecule has 7 heteroatoms. The molecular formula is C16H23NO5S. The zero-order valence-corrected chi connectivity index (χ0v) is 14.8. The predicted octanol–water partition coefficient (Wildman–Crippen LogP) is 2.32. The first-order valence-electron chi connectivity index (χ1n) is 7.45. The maximum atomic E-state index is 12.2. The summed E-state index contributed by atoms with van der Waals surface area (Å²) in [5, 5.41) is -0.113. The molecule has 0 bridgehead atoms. The number of nitrogens with zero attached hydrogens (tertiary/aromatic N) is 1. The Hall–Kier alpha value is -1.60. The highest BCUT2D eigenvalue weighted by atomic mass is 32.2. The Morgan fingerprint density at radius 3 is 2.52 bits per heavy atom. The third-order valence-corrected chi connectivity index (χ3v) is 4.89. The van der Waals surface area contributed by atoms with E-state index in [4.69, 9.17) is 18.9 Å². The van der Waals surface area contributed by atoms with Crippen molar-refractivity contribution in [3.05, 3.63) is 17.7 Å². The van der Waals surface area contributed by atoms with Crippen LogP contribution >= 0.6 is 11.8 Å². The molecular weight excluding hydrogens is 318 g/mol. The largest absolute Gasteiger partial charge is 0.493 e. The van der Waals surface area contributed by atoms with Gasteiger partial charge in [-0.15, -0.1) is 11.8 Å². The molecule has 0 radical (unpaired) electrons. The molecule has 0 aliphatic carbocycles. The molecule has 1 unspecified atom stereocenters. The Labute approximate surface area is 141 Å². The average molecular weight is 341 g/mol. The molecule has 2 rings (SSSR count). The maximum absolute atomic E-state index is 12.2. The Balaban J connectivity index is 2.33. The van der Waals surface area contributed by atoms with E-state index in [0.29, 0.717) is 42.8 Å². The second-order valence-corrected chi connectivity index (χ2v) is 5.94. The normalized spacial score (nSPS) is 17.5. The van der Waals surface area contributed by atoms with Crippen LogP contribution in [0.4, 0.5) is 0 Å². The van der Waals surface area contributed by atoms with Gasteiger partial charge in [0.1, 0.15) is 5.37 Å². The second-order valence-electron chi connectivity index (χ2n) is 4.87. The van der Waals surface area contributed by atoms with E-state index in [-0.39, 0.29) is 11.3 Å². The van der Waals surface area contributed by atoms with Gasteiger partial charge in [0.15, 0.2) is 11.5 Å². The van der Waals surface area contributed by atoms with Gasteiger partial charge < -0.3 is 23.8 Å². The lowest BCUT2D eigenvalue weighted by molar-refractivity contribution is -0.128. The number of thioether (sulfide) groups is 1. The van der Waals surface area contributed by atoms with Crippen LogP contribution in [0.25, 0.3) is 0 Å². The van der Waals surface area contributed by atoms with Crippen molar-refractivity contribution in [1.29, 1.82) is 0 Å². The van der Waals surface area contributed by atoms with Crippen LogP contribution < -0.4 is 14.2 Å². The molecule has 23 heavy (non-hydrogen) atoms. The van der Waals surface area contributed by atoms with Crippen molar-refractivity contribution in [2.45, 2.75) is 12.3 Å². The highest BCUT2D eigenvalue weighted by Gasteiger charge is 2.35. The number of carbonyl (C=O) groups is 1. The van der Waals surface area contributed by atoms with Gasteiger partial charge in [-0.05, 0) is 19.1 Å². The summed E-state index contributed by atoms with van der Waals surface area (Å²) in [6.07, 6.45) is 0. The van der Waals surface area contributed by atoms with Crippen molar-refractivity contribution < 1.29 is 23.7 Å². The van der Waals surface area contributed by atoms with Crippen molar-refractivity contribution in [3.63, 3.8) is 0 Å². The molecule has 1 heterocycles. The van der Waals surface area contributed by atoms with Gasteiger partial charge in [0.2, 0.25) is 11.7 Å². The number of benzene rings is 1. The third-order valence-electron chi connectivity index (χ3n) is 3.65. The van der Waals surface area contributed by atoms with E-state index in [0.717, 1.165) is 5.56 Å². The molecule has 0 spiro atoms. The van der Waals surface area contributed by atoms with Gasteiger partial charge in [-0.25, -0.2) is 0 Å². The van der Waals surface area contributed by atoms with Crippen LogP contribution in [0.5, 0.6) is 17.2 Å². The van der Waals surface area contributed by atoms with E-state index in [1.165, 1.54) is 0 Å². The van der Waals surface area contributed by atoms with E-state index in [9.17, 15) is 4.79 Å². The standard InChI is InChI=1S/C16H23NO5S/c1-5-22-9-8-17-13(18)10-23-16(17)11-6-7-12(19-2)15(21-4)14(11)20-3/h6-7,16H,5,8-10H2,1-4H3. The van der Waals surface area contributed by atoms with Crippen LogP contribution in [0.1, 0.15) is 17.9 Å². The van der Waals surface area contributed by atoms with Gasteiger partial charge in [0.25, 0.3) is 0 Å². The third kappa shape index (κ3) is 3.67. The summed E-state index contributed by atoms with van der Waals surface area (Å²) in [6.45, 7) is 3.66. The first kappa shape index (κ1) is 17.7. The molecule has 1 aromatic carbocycles. The van der Waals surface area contributed by atoms with Crippen molar-refractivity contribution in [3.8, 4) is 17.2 Å². The molecule has 1 fully saturated rings. The second kappa shape index (κ2) is 8.31. The van der Waals surface area contributed by atoms with Crippen LogP contribution in [0.3, 0.4) is 0 Å². The van der Waals surface area contributed by atoms with Crippen LogP contribution in [0.15, 0.2) is 12.1 Å². The lowest BCUT2D eigenvalue weighted by Gasteiger charge is -2.26. The molecule has 1 aliphatic heterocycles. The average Bonchev–Trinajstić information content (AvgIpc) is 2.94. The molecule has 0 N–H and O–H groups in total. The number of amides is 1. The van der Waals surface area contributed by atoms with E-state index < -0.39 is 0 Å². The van der Waals surface area contributed by atoms with E-state index >= 15 is 0 Å². The fourth-order valence-electron chi connectivity index (χ4n) is 2.58. The molecule has 1 aromatic rings. The quantitative estimate of drug-likeness (QED) is 0.677. The van der Waals surface area contributed by atoms with Gasteiger partial charge in [-0.3, -0.25) is 4.79 Å².